The van der Waals surface area contributed by atoms with Crippen LogP contribution in [-0.2, 0) is 17.8 Å². The fourth-order valence-electron chi connectivity index (χ4n) is 4.72. The van der Waals surface area contributed by atoms with Gasteiger partial charge < -0.3 is 19.9 Å². The van der Waals surface area contributed by atoms with Gasteiger partial charge in [0, 0.05) is 45.1 Å². The maximum Gasteiger partial charge on any atom is 0.410 e. The van der Waals surface area contributed by atoms with Crippen LogP contribution >= 0.6 is 0 Å². The Hall–Kier alpha value is -5.00. The number of likely N-dealkylation sites (N-methyl/N-ethyl adjacent to an activating group) is 1. The molecule has 0 radical (unpaired) electrons. The summed E-state index contributed by atoms with van der Waals surface area (Å²) in [6.45, 7) is 9.83. The van der Waals surface area contributed by atoms with Gasteiger partial charge in [0.2, 0.25) is 5.95 Å². The number of benzene rings is 2. The average Bonchev–Trinajstić information content (AvgIpc) is 3.41. The van der Waals surface area contributed by atoms with Crippen LogP contribution in [0.4, 0.5) is 22.2 Å². The van der Waals surface area contributed by atoms with Crippen molar-refractivity contribution in [3.63, 3.8) is 0 Å². The molecule has 4 aromatic rings. The Morgan fingerprint density at radius 3 is 2.56 bits per heavy atom. The molecule has 0 fully saturated rings. The van der Waals surface area contributed by atoms with E-state index in [1.807, 2.05) is 94.2 Å². The highest BCUT2D eigenvalue weighted by Crippen LogP contribution is 2.27. The van der Waals surface area contributed by atoms with Gasteiger partial charge in [-0.1, -0.05) is 41.6 Å². The molecule has 224 valence electrons. The largest absolute Gasteiger partial charge is 0.444 e. The number of fused-ring (bicyclic) bond motifs is 1. The Morgan fingerprint density at radius 1 is 1.05 bits per heavy atom. The molecule has 3 heterocycles. The van der Waals surface area contributed by atoms with Gasteiger partial charge in [0.05, 0.1) is 18.4 Å². The summed E-state index contributed by atoms with van der Waals surface area (Å²) in [5, 5.41) is 11.8. The fourth-order valence-corrected chi connectivity index (χ4v) is 4.72. The SMILES string of the molecule is CCNc1ncc2c(n1)N(C)CCN(c1cccc(-n3cc(CN(Cc4ccccc4)C(=O)OC(C)(C)C)nn3)c1)C2=O. The third-order valence-electron chi connectivity index (χ3n) is 6.77. The summed E-state index contributed by atoms with van der Waals surface area (Å²) in [5.41, 5.74) is 2.83. The third-order valence-corrected chi connectivity index (χ3v) is 6.77. The molecule has 0 spiro atoms. The number of carbonyl (C=O) groups excluding carboxylic acids is 2. The van der Waals surface area contributed by atoms with Gasteiger partial charge in [0.1, 0.15) is 22.7 Å². The number of ether oxygens (including phenoxy) is 1. The molecule has 0 bridgehead atoms. The van der Waals surface area contributed by atoms with Crippen LogP contribution in [0.25, 0.3) is 5.69 Å². The number of hydrogen-bond acceptors (Lipinski definition) is 9. The summed E-state index contributed by atoms with van der Waals surface area (Å²) in [4.78, 5) is 40.9. The monoisotopic (exact) mass is 583 g/mol. The minimum atomic E-state index is -0.634. The van der Waals surface area contributed by atoms with Crippen LogP contribution in [0.1, 0.15) is 49.3 Å². The molecule has 1 aliphatic rings. The van der Waals surface area contributed by atoms with Crippen molar-refractivity contribution >= 4 is 29.5 Å². The summed E-state index contributed by atoms with van der Waals surface area (Å²) < 4.78 is 7.31. The Kier molecular flexibility index (Phi) is 8.56. The smallest absolute Gasteiger partial charge is 0.410 e. The van der Waals surface area contributed by atoms with E-state index in [0.717, 1.165) is 16.9 Å². The van der Waals surface area contributed by atoms with Gasteiger partial charge in [-0.3, -0.25) is 9.69 Å². The van der Waals surface area contributed by atoms with E-state index in [9.17, 15) is 9.59 Å². The Bertz CT molecular complexity index is 1580. The van der Waals surface area contributed by atoms with Crippen LogP contribution < -0.4 is 15.1 Å². The van der Waals surface area contributed by atoms with Crippen molar-refractivity contribution in [2.45, 2.75) is 46.4 Å². The number of amides is 2. The molecule has 0 saturated heterocycles. The molecule has 12 nitrogen and oxygen atoms in total. The Balaban J connectivity index is 1.37. The lowest BCUT2D eigenvalue weighted by Crippen LogP contribution is -2.36. The quantitative estimate of drug-likeness (QED) is 0.319. The number of rotatable bonds is 8. The number of nitrogens with one attached hydrogen (secondary N) is 1. The Labute approximate surface area is 251 Å². The van der Waals surface area contributed by atoms with Gasteiger partial charge in [-0.15, -0.1) is 5.10 Å². The topological polar surface area (TPSA) is 122 Å². The molecule has 2 aromatic heterocycles. The third kappa shape index (κ3) is 7.08. The molecule has 2 amide bonds. The van der Waals surface area contributed by atoms with Gasteiger partial charge in [0.25, 0.3) is 5.91 Å². The van der Waals surface area contributed by atoms with E-state index in [0.29, 0.717) is 49.2 Å². The van der Waals surface area contributed by atoms with E-state index < -0.39 is 11.7 Å². The van der Waals surface area contributed by atoms with Crippen LogP contribution in [-0.4, -0.2) is 74.1 Å². The van der Waals surface area contributed by atoms with Crippen LogP contribution in [0, 0.1) is 0 Å². The van der Waals surface area contributed by atoms with Gasteiger partial charge >= 0.3 is 6.09 Å². The number of aromatic nitrogens is 5. The van der Waals surface area contributed by atoms with Crippen molar-refractivity contribution in [1.82, 2.24) is 29.9 Å². The van der Waals surface area contributed by atoms with E-state index in [4.69, 9.17) is 4.74 Å². The molecule has 12 heteroatoms. The predicted octanol–water partition coefficient (Wildman–Crippen LogP) is 4.52. The molecule has 43 heavy (non-hydrogen) atoms. The first-order chi connectivity index (χ1) is 20.6. The first-order valence-corrected chi connectivity index (χ1v) is 14.3. The first kappa shape index (κ1) is 29.5. The zero-order valence-electron chi connectivity index (χ0n) is 25.2. The minimum Gasteiger partial charge on any atom is -0.444 e. The van der Waals surface area contributed by atoms with E-state index >= 15 is 0 Å². The molecule has 0 aliphatic carbocycles. The lowest BCUT2D eigenvalue weighted by molar-refractivity contribution is 0.0214. The average molecular weight is 584 g/mol. The van der Waals surface area contributed by atoms with Crippen LogP contribution in [0.2, 0.25) is 0 Å². The predicted molar refractivity (Wildman–Crippen MR) is 164 cm³/mol. The van der Waals surface area contributed by atoms with E-state index in [2.05, 4.69) is 25.6 Å². The highest BCUT2D eigenvalue weighted by Gasteiger charge is 2.28. The molecule has 0 saturated carbocycles. The van der Waals surface area contributed by atoms with Crippen molar-refractivity contribution < 1.29 is 14.3 Å². The first-order valence-electron chi connectivity index (χ1n) is 14.3. The maximum absolute atomic E-state index is 13.7. The van der Waals surface area contributed by atoms with Gasteiger partial charge in [-0.2, -0.15) is 4.98 Å². The second-order valence-electron chi connectivity index (χ2n) is 11.3. The second-order valence-corrected chi connectivity index (χ2v) is 11.3. The van der Waals surface area contributed by atoms with Crippen LogP contribution in [0.3, 0.4) is 0 Å². The van der Waals surface area contributed by atoms with Gasteiger partial charge in [0.15, 0.2) is 0 Å². The van der Waals surface area contributed by atoms with E-state index in [1.165, 1.54) is 0 Å². The standard InChI is InChI=1S/C31H37N9O3/c1-6-32-29-33-18-26-27(34-29)37(5)15-16-39(28(26)41)24-13-10-14-25(17-24)40-21-23(35-36-40)20-38(30(42)43-31(2,3)4)19-22-11-8-7-9-12-22/h7-14,17-18,21H,6,15-16,19-20H2,1-5H3,(H,32,33,34). The maximum atomic E-state index is 13.7. The van der Waals surface area contributed by atoms with Gasteiger partial charge in [-0.25, -0.2) is 14.5 Å². The highest BCUT2D eigenvalue weighted by atomic mass is 16.6. The summed E-state index contributed by atoms with van der Waals surface area (Å²) in [7, 11) is 1.92. The molecule has 1 N–H and O–H groups in total. The zero-order valence-corrected chi connectivity index (χ0v) is 25.2. The van der Waals surface area contributed by atoms with Crippen molar-refractivity contribution in [3.05, 3.63) is 83.8 Å². The lowest BCUT2D eigenvalue weighted by Gasteiger charge is -2.27. The van der Waals surface area contributed by atoms with E-state index in [1.54, 1.807) is 26.9 Å². The van der Waals surface area contributed by atoms with Crippen molar-refractivity contribution in [2.24, 2.45) is 0 Å². The minimum absolute atomic E-state index is 0.173. The summed E-state index contributed by atoms with van der Waals surface area (Å²) in [6.07, 6.45) is 2.93. The van der Waals surface area contributed by atoms with Crippen molar-refractivity contribution in [3.8, 4) is 5.69 Å². The molecule has 2 aromatic carbocycles. The van der Waals surface area contributed by atoms with Crippen molar-refractivity contribution in [2.75, 3.05) is 41.8 Å². The van der Waals surface area contributed by atoms with E-state index in [-0.39, 0.29) is 12.5 Å². The summed E-state index contributed by atoms with van der Waals surface area (Å²) in [6, 6.07) is 17.3. The molecule has 1 aliphatic heterocycles. The van der Waals surface area contributed by atoms with Crippen LogP contribution in [0.5, 0.6) is 0 Å². The normalized spacial score (nSPS) is 13.4. The lowest BCUT2D eigenvalue weighted by atomic mass is 10.2. The number of carbonyl (C=O) groups is 2. The molecule has 5 rings (SSSR count). The molecule has 0 unspecified atom stereocenters. The summed E-state index contributed by atoms with van der Waals surface area (Å²) in [5.74, 6) is 0.917. The summed E-state index contributed by atoms with van der Waals surface area (Å²) >= 11 is 0. The molecular formula is C31H37N9O3. The highest BCUT2D eigenvalue weighted by molar-refractivity contribution is 6.09. The fraction of sp³-hybridized carbons (Fsp3) is 0.355. The number of anilines is 3. The zero-order chi connectivity index (χ0) is 30.6. The molecule has 0 atom stereocenters. The molecular weight excluding hydrogens is 546 g/mol. The van der Waals surface area contributed by atoms with Gasteiger partial charge in [-0.05, 0) is 51.5 Å². The number of nitrogens with zero attached hydrogens (tertiary/aromatic N) is 8. The van der Waals surface area contributed by atoms with Crippen LogP contribution in [0.15, 0.2) is 67.0 Å². The number of hydrogen-bond donors (Lipinski definition) is 1. The second kappa shape index (κ2) is 12.5. The van der Waals surface area contributed by atoms with Crippen molar-refractivity contribution in [1.29, 1.82) is 0 Å². The Morgan fingerprint density at radius 2 is 1.81 bits per heavy atom.